The van der Waals surface area contributed by atoms with Crippen LogP contribution >= 0.6 is 0 Å². The van der Waals surface area contributed by atoms with Gasteiger partial charge in [-0.1, -0.05) is 12.1 Å². The molecule has 12 heavy (non-hydrogen) atoms. The highest BCUT2D eigenvalue weighted by atomic mass is 14.7. The van der Waals surface area contributed by atoms with E-state index in [1.54, 1.807) is 0 Å². The van der Waals surface area contributed by atoms with Gasteiger partial charge in [-0.25, -0.2) is 0 Å². The Morgan fingerprint density at radius 3 is 2.92 bits per heavy atom. The van der Waals surface area contributed by atoms with E-state index in [1.807, 2.05) is 31.3 Å². The van der Waals surface area contributed by atoms with Crippen molar-refractivity contribution in [2.75, 3.05) is 6.54 Å². The van der Waals surface area contributed by atoms with E-state index in [2.05, 4.69) is 11.1 Å². The van der Waals surface area contributed by atoms with E-state index >= 15 is 0 Å². The maximum atomic E-state index is 5.35. The summed E-state index contributed by atoms with van der Waals surface area (Å²) in [6.07, 6.45) is 6.81. The number of nitrogens with two attached hydrogens (primary N) is 1. The molecule has 2 N–H and O–H groups in total. The van der Waals surface area contributed by atoms with Crippen LogP contribution in [-0.4, -0.2) is 11.5 Å². The van der Waals surface area contributed by atoms with Crippen LogP contribution < -0.4 is 5.73 Å². The number of rotatable bonds is 3. The largest absolute Gasteiger partial charge is 0.330 e. The Morgan fingerprint density at radius 2 is 2.33 bits per heavy atom. The van der Waals surface area contributed by atoms with E-state index in [0.717, 1.165) is 12.1 Å². The average molecular weight is 162 g/mol. The molecule has 0 saturated heterocycles. The minimum atomic E-state index is 0.697. The fourth-order valence-corrected chi connectivity index (χ4v) is 0.878. The van der Waals surface area contributed by atoms with Crippen LogP contribution in [0.3, 0.4) is 0 Å². The number of nitrogens with zero attached hydrogens (tertiary/aromatic N) is 1. The molecule has 0 aliphatic carbocycles. The summed E-state index contributed by atoms with van der Waals surface area (Å²) >= 11 is 0. The highest BCUT2D eigenvalue weighted by molar-refractivity contribution is 5.44. The highest BCUT2D eigenvalue weighted by Crippen LogP contribution is 2.00. The Morgan fingerprint density at radius 1 is 1.50 bits per heavy atom. The molecule has 1 rings (SSSR count). The van der Waals surface area contributed by atoms with Gasteiger partial charge in [0.2, 0.25) is 0 Å². The predicted octanol–water partition coefficient (Wildman–Crippen LogP) is 1.75. The van der Waals surface area contributed by atoms with Crippen LogP contribution in [0, 0.1) is 6.92 Å². The van der Waals surface area contributed by atoms with E-state index in [0.29, 0.717) is 6.54 Å². The van der Waals surface area contributed by atoms with Gasteiger partial charge in [0.15, 0.2) is 0 Å². The molecule has 0 aliphatic heterocycles. The average Bonchev–Trinajstić information content (AvgIpc) is 2.09. The minimum Gasteiger partial charge on any atom is -0.330 e. The summed E-state index contributed by atoms with van der Waals surface area (Å²) < 4.78 is 0. The van der Waals surface area contributed by atoms with Crippen molar-refractivity contribution < 1.29 is 0 Å². The van der Waals surface area contributed by atoms with Crippen molar-refractivity contribution in [3.8, 4) is 0 Å². The molecule has 0 amide bonds. The monoisotopic (exact) mass is 162 g/mol. The van der Waals surface area contributed by atoms with Gasteiger partial charge in [-0.15, -0.1) is 0 Å². The Bertz CT molecular complexity index is 249. The van der Waals surface area contributed by atoms with Crippen LogP contribution in [0.25, 0.3) is 6.08 Å². The third kappa shape index (κ3) is 2.84. The number of pyridine rings is 1. The molecule has 0 spiro atoms. The van der Waals surface area contributed by atoms with E-state index < -0.39 is 0 Å². The smallest absolute Gasteiger partial charge is 0.0626 e. The van der Waals surface area contributed by atoms with Crippen molar-refractivity contribution in [1.82, 2.24) is 4.98 Å². The lowest BCUT2D eigenvalue weighted by Gasteiger charge is -1.93. The van der Waals surface area contributed by atoms with Gasteiger partial charge in [0.25, 0.3) is 0 Å². The normalized spacial score (nSPS) is 10.8. The van der Waals surface area contributed by atoms with Gasteiger partial charge >= 0.3 is 0 Å². The standard InChI is InChI=1S/C10H14N2/c1-9-5-6-10(12-8-9)4-2-3-7-11/h2,4-6,8H,3,7,11H2,1H3. The molecule has 0 atom stereocenters. The second kappa shape index (κ2) is 4.67. The first kappa shape index (κ1) is 8.94. The van der Waals surface area contributed by atoms with Crippen molar-refractivity contribution >= 4 is 6.08 Å². The summed E-state index contributed by atoms with van der Waals surface area (Å²) in [5.74, 6) is 0. The summed E-state index contributed by atoms with van der Waals surface area (Å²) in [5, 5.41) is 0. The quantitative estimate of drug-likeness (QED) is 0.735. The topological polar surface area (TPSA) is 38.9 Å². The maximum Gasteiger partial charge on any atom is 0.0626 e. The van der Waals surface area contributed by atoms with Gasteiger partial charge < -0.3 is 5.73 Å². The molecule has 0 radical (unpaired) electrons. The minimum absolute atomic E-state index is 0.697. The first-order valence-corrected chi connectivity index (χ1v) is 4.12. The molecule has 1 heterocycles. The van der Waals surface area contributed by atoms with Crippen LogP contribution in [-0.2, 0) is 0 Å². The molecule has 1 aromatic heterocycles. The van der Waals surface area contributed by atoms with Gasteiger partial charge in [-0.05, 0) is 37.6 Å². The Balaban J connectivity index is 2.58. The predicted molar refractivity (Wildman–Crippen MR) is 51.7 cm³/mol. The van der Waals surface area contributed by atoms with Crippen molar-refractivity contribution in [3.63, 3.8) is 0 Å². The number of aryl methyl sites for hydroxylation is 1. The first-order valence-electron chi connectivity index (χ1n) is 4.12. The molecule has 2 heteroatoms. The second-order valence-corrected chi connectivity index (χ2v) is 2.74. The summed E-state index contributed by atoms with van der Waals surface area (Å²) in [5.41, 5.74) is 7.53. The fraction of sp³-hybridized carbons (Fsp3) is 0.300. The van der Waals surface area contributed by atoms with Crippen molar-refractivity contribution in [2.24, 2.45) is 5.73 Å². The zero-order valence-corrected chi connectivity index (χ0v) is 7.33. The lowest BCUT2D eigenvalue weighted by atomic mass is 10.2. The van der Waals surface area contributed by atoms with Gasteiger partial charge in [0, 0.05) is 6.20 Å². The fourth-order valence-electron chi connectivity index (χ4n) is 0.878. The summed E-state index contributed by atoms with van der Waals surface area (Å²) in [6, 6.07) is 4.05. The molecule has 0 aliphatic rings. The molecule has 0 aromatic carbocycles. The molecule has 0 saturated carbocycles. The summed E-state index contributed by atoms with van der Waals surface area (Å²) in [4.78, 5) is 4.22. The number of aromatic nitrogens is 1. The lowest BCUT2D eigenvalue weighted by Crippen LogP contribution is -1.95. The highest BCUT2D eigenvalue weighted by Gasteiger charge is 1.86. The lowest BCUT2D eigenvalue weighted by molar-refractivity contribution is 1.01. The molecule has 2 nitrogen and oxygen atoms in total. The van der Waals surface area contributed by atoms with Crippen LogP contribution in [0.4, 0.5) is 0 Å². The summed E-state index contributed by atoms with van der Waals surface area (Å²) in [7, 11) is 0. The number of hydrogen-bond acceptors (Lipinski definition) is 2. The van der Waals surface area contributed by atoms with Crippen LogP contribution in [0.5, 0.6) is 0 Å². The summed E-state index contributed by atoms with van der Waals surface area (Å²) in [6.45, 7) is 2.72. The second-order valence-electron chi connectivity index (χ2n) is 2.74. The molecule has 0 fully saturated rings. The van der Waals surface area contributed by atoms with Crippen LogP contribution in [0.15, 0.2) is 24.4 Å². The Kier molecular flexibility index (Phi) is 3.48. The Hall–Kier alpha value is -1.15. The number of hydrogen-bond donors (Lipinski definition) is 1. The van der Waals surface area contributed by atoms with Crippen molar-refractivity contribution in [3.05, 3.63) is 35.7 Å². The zero-order valence-electron chi connectivity index (χ0n) is 7.33. The maximum absolute atomic E-state index is 5.35. The SMILES string of the molecule is Cc1ccc(C=CCCN)nc1. The third-order valence-electron chi connectivity index (χ3n) is 1.56. The van der Waals surface area contributed by atoms with E-state index in [1.165, 1.54) is 5.56 Å². The van der Waals surface area contributed by atoms with Crippen molar-refractivity contribution in [1.29, 1.82) is 0 Å². The van der Waals surface area contributed by atoms with Gasteiger partial charge in [0.05, 0.1) is 5.69 Å². The Labute approximate surface area is 73.1 Å². The van der Waals surface area contributed by atoms with Gasteiger partial charge in [-0.2, -0.15) is 0 Å². The first-order chi connectivity index (χ1) is 5.83. The molecule has 0 bridgehead atoms. The molecular formula is C10H14N2. The van der Waals surface area contributed by atoms with E-state index in [4.69, 9.17) is 5.73 Å². The van der Waals surface area contributed by atoms with Gasteiger partial charge in [-0.3, -0.25) is 4.98 Å². The van der Waals surface area contributed by atoms with E-state index in [9.17, 15) is 0 Å². The van der Waals surface area contributed by atoms with Gasteiger partial charge in [0.1, 0.15) is 0 Å². The van der Waals surface area contributed by atoms with Crippen LogP contribution in [0.1, 0.15) is 17.7 Å². The zero-order chi connectivity index (χ0) is 8.81. The van der Waals surface area contributed by atoms with Crippen molar-refractivity contribution in [2.45, 2.75) is 13.3 Å². The molecular weight excluding hydrogens is 148 g/mol. The molecule has 64 valence electrons. The van der Waals surface area contributed by atoms with E-state index in [-0.39, 0.29) is 0 Å². The molecule has 0 unspecified atom stereocenters. The van der Waals surface area contributed by atoms with Crippen LogP contribution in [0.2, 0.25) is 0 Å². The third-order valence-corrected chi connectivity index (χ3v) is 1.56. The molecule has 1 aromatic rings.